The molecule has 2 atom stereocenters. The van der Waals surface area contributed by atoms with Gasteiger partial charge in [-0.2, -0.15) is 0 Å². The first-order valence-corrected chi connectivity index (χ1v) is 8.45. The van der Waals surface area contributed by atoms with Gasteiger partial charge in [0.05, 0.1) is 24.5 Å². The molecule has 3 nitrogen and oxygen atoms in total. The Morgan fingerprint density at radius 1 is 1.33 bits per heavy atom. The van der Waals surface area contributed by atoms with Crippen molar-refractivity contribution in [3.8, 4) is 0 Å². The number of ether oxygens (including phenoxy) is 1. The molecule has 0 aliphatic carbocycles. The molecule has 1 aromatic rings. The Morgan fingerprint density at radius 3 is 2.62 bits per heavy atom. The van der Waals surface area contributed by atoms with Crippen molar-refractivity contribution in [1.29, 1.82) is 0 Å². The van der Waals surface area contributed by atoms with Crippen LogP contribution in [0.5, 0.6) is 0 Å². The van der Waals surface area contributed by atoms with Crippen LogP contribution in [0, 0.1) is 12.8 Å². The Labute approximate surface area is 141 Å². The summed E-state index contributed by atoms with van der Waals surface area (Å²) in [5, 5.41) is 13.9. The third kappa shape index (κ3) is 7.00. The van der Waals surface area contributed by atoms with Crippen molar-refractivity contribution in [2.75, 3.05) is 18.5 Å². The second-order valence-electron chi connectivity index (χ2n) is 5.89. The van der Waals surface area contributed by atoms with Crippen molar-refractivity contribution in [3.63, 3.8) is 0 Å². The quantitative estimate of drug-likeness (QED) is 0.692. The molecule has 0 radical (unpaired) electrons. The monoisotopic (exact) mass is 377 g/mol. The highest BCUT2D eigenvalue weighted by Crippen LogP contribution is 2.29. The van der Waals surface area contributed by atoms with Gasteiger partial charge in [0.25, 0.3) is 0 Å². The third-order valence-corrected chi connectivity index (χ3v) is 4.22. The lowest BCUT2D eigenvalue weighted by Gasteiger charge is -2.19. The van der Waals surface area contributed by atoms with Gasteiger partial charge in [0.1, 0.15) is 0 Å². The number of halogens is 2. The molecule has 1 aromatic carbocycles. The lowest BCUT2D eigenvalue weighted by Crippen LogP contribution is -2.27. The van der Waals surface area contributed by atoms with Crippen molar-refractivity contribution in [3.05, 3.63) is 27.2 Å². The maximum Gasteiger partial charge on any atom is 0.0945 e. The highest BCUT2D eigenvalue weighted by Gasteiger charge is 2.11. The molecule has 0 spiro atoms. The highest BCUT2D eigenvalue weighted by atomic mass is 79.9. The Bertz CT molecular complexity index is 454. The standard InChI is InChI=1S/C16H25BrClNO2/c1-10(2)5-12(4)21-9-13(20)8-19-16-7-15(18)11(3)6-14(16)17/h6-7,10,12-13,19-20H,5,8-9H2,1-4H3. The molecule has 5 heteroatoms. The fourth-order valence-corrected chi connectivity index (χ4v) is 2.84. The van der Waals surface area contributed by atoms with Gasteiger partial charge in [0.15, 0.2) is 0 Å². The van der Waals surface area contributed by atoms with Crippen LogP contribution < -0.4 is 5.32 Å². The van der Waals surface area contributed by atoms with Crippen LogP contribution in [0.15, 0.2) is 16.6 Å². The molecule has 0 bridgehead atoms. The molecule has 0 saturated heterocycles. The second-order valence-corrected chi connectivity index (χ2v) is 7.15. The summed E-state index contributed by atoms with van der Waals surface area (Å²) in [5.74, 6) is 0.598. The average molecular weight is 379 g/mol. The van der Waals surface area contributed by atoms with E-state index in [4.69, 9.17) is 16.3 Å². The SMILES string of the molecule is Cc1cc(Br)c(NCC(O)COC(C)CC(C)C)cc1Cl. The van der Waals surface area contributed by atoms with Gasteiger partial charge < -0.3 is 15.2 Å². The van der Waals surface area contributed by atoms with Gasteiger partial charge in [-0.25, -0.2) is 0 Å². The zero-order valence-electron chi connectivity index (χ0n) is 13.1. The highest BCUT2D eigenvalue weighted by molar-refractivity contribution is 9.10. The van der Waals surface area contributed by atoms with Crippen molar-refractivity contribution >= 4 is 33.2 Å². The Hall–Kier alpha value is -0.290. The summed E-state index contributed by atoms with van der Waals surface area (Å²) in [6.45, 7) is 9.07. The van der Waals surface area contributed by atoms with E-state index < -0.39 is 6.10 Å². The van der Waals surface area contributed by atoms with E-state index in [1.54, 1.807) is 0 Å². The van der Waals surface area contributed by atoms with E-state index in [0.29, 0.717) is 24.1 Å². The molecule has 1 rings (SSSR count). The average Bonchev–Trinajstić information content (AvgIpc) is 2.38. The number of benzene rings is 1. The largest absolute Gasteiger partial charge is 0.389 e. The Balaban J connectivity index is 2.39. The summed E-state index contributed by atoms with van der Waals surface area (Å²) in [4.78, 5) is 0. The summed E-state index contributed by atoms with van der Waals surface area (Å²) in [6, 6.07) is 3.81. The van der Waals surface area contributed by atoms with Crippen LogP contribution >= 0.6 is 27.5 Å². The smallest absolute Gasteiger partial charge is 0.0945 e. The van der Waals surface area contributed by atoms with E-state index in [1.165, 1.54) is 0 Å². The van der Waals surface area contributed by atoms with E-state index in [1.807, 2.05) is 26.0 Å². The first-order valence-electron chi connectivity index (χ1n) is 7.28. The molecular formula is C16H25BrClNO2. The second kappa shape index (κ2) is 8.99. The van der Waals surface area contributed by atoms with E-state index >= 15 is 0 Å². The molecule has 0 aromatic heterocycles. The van der Waals surface area contributed by atoms with Gasteiger partial charge in [-0.05, 0) is 59.8 Å². The maximum atomic E-state index is 9.97. The van der Waals surface area contributed by atoms with Crippen molar-refractivity contribution in [1.82, 2.24) is 0 Å². The van der Waals surface area contributed by atoms with Crippen molar-refractivity contribution in [2.45, 2.75) is 46.3 Å². The van der Waals surface area contributed by atoms with Crippen LogP contribution in [0.25, 0.3) is 0 Å². The number of nitrogens with one attached hydrogen (secondary N) is 1. The molecule has 0 heterocycles. The van der Waals surface area contributed by atoms with E-state index in [9.17, 15) is 5.11 Å². The van der Waals surface area contributed by atoms with Gasteiger partial charge in [-0.3, -0.25) is 0 Å². The molecule has 2 N–H and O–H groups in total. The maximum absolute atomic E-state index is 9.97. The Kier molecular flexibility index (Phi) is 8.03. The molecule has 0 aliphatic heterocycles. The number of hydrogen-bond acceptors (Lipinski definition) is 3. The minimum atomic E-state index is -0.549. The van der Waals surface area contributed by atoms with Gasteiger partial charge in [0, 0.05) is 16.0 Å². The van der Waals surface area contributed by atoms with E-state index in [2.05, 4.69) is 35.1 Å². The number of rotatable bonds is 8. The van der Waals surface area contributed by atoms with Gasteiger partial charge in [0.2, 0.25) is 0 Å². The molecule has 0 amide bonds. The van der Waals surface area contributed by atoms with Crippen LogP contribution in [-0.4, -0.2) is 30.5 Å². The summed E-state index contributed by atoms with van der Waals surface area (Å²) < 4.78 is 6.58. The molecule has 21 heavy (non-hydrogen) atoms. The van der Waals surface area contributed by atoms with E-state index in [0.717, 1.165) is 22.1 Å². The summed E-state index contributed by atoms with van der Waals surface area (Å²) in [6.07, 6.45) is 0.617. The van der Waals surface area contributed by atoms with Crippen LogP contribution in [0.3, 0.4) is 0 Å². The Morgan fingerprint density at radius 2 is 2.00 bits per heavy atom. The fourth-order valence-electron chi connectivity index (χ4n) is 2.08. The van der Waals surface area contributed by atoms with Crippen LogP contribution in [0.4, 0.5) is 5.69 Å². The van der Waals surface area contributed by atoms with E-state index in [-0.39, 0.29) is 6.10 Å². The number of anilines is 1. The fraction of sp³-hybridized carbons (Fsp3) is 0.625. The number of aliphatic hydroxyl groups excluding tert-OH is 1. The third-order valence-electron chi connectivity index (χ3n) is 3.15. The number of hydrogen-bond donors (Lipinski definition) is 2. The molecular weight excluding hydrogens is 354 g/mol. The summed E-state index contributed by atoms with van der Waals surface area (Å²) in [7, 11) is 0. The zero-order chi connectivity index (χ0) is 16.0. The van der Waals surface area contributed by atoms with Gasteiger partial charge in [-0.1, -0.05) is 25.4 Å². The molecule has 120 valence electrons. The van der Waals surface area contributed by atoms with Gasteiger partial charge in [-0.15, -0.1) is 0 Å². The normalized spacial score (nSPS) is 14.3. The van der Waals surface area contributed by atoms with Crippen LogP contribution in [0.2, 0.25) is 5.02 Å². The van der Waals surface area contributed by atoms with Crippen LogP contribution in [0.1, 0.15) is 32.8 Å². The number of aliphatic hydroxyl groups is 1. The minimum Gasteiger partial charge on any atom is -0.389 e. The molecule has 0 aliphatic rings. The lowest BCUT2D eigenvalue weighted by molar-refractivity contribution is -0.00444. The molecule has 0 fully saturated rings. The van der Waals surface area contributed by atoms with Crippen LogP contribution in [-0.2, 0) is 4.74 Å². The molecule has 0 saturated carbocycles. The first-order chi connectivity index (χ1) is 9.79. The van der Waals surface area contributed by atoms with Gasteiger partial charge >= 0.3 is 0 Å². The zero-order valence-corrected chi connectivity index (χ0v) is 15.5. The summed E-state index contributed by atoms with van der Waals surface area (Å²) >= 11 is 9.59. The predicted molar refractivity (Wildman–Crippen MR) is 93.3 cm³/mol. The lowest BCUT2D eigenvalue weighted by atomic mass is 10.1. The first kappa shape index (κ1) is 18.8. The topological polar surface area (TPSA) is 41.5 Å². The van der Waals surface area contributed by atoms with Crippen molar-refractivity contribution in [2.24, 2.45) is 5.92 Å². The predicted octanol–water partition coefficient (Wildman–Crippen LogP) is 4.63. The van der Waals surface area contributed by atoms with Crippen molar-refractivity contribution < 1.29 is 9.84 Å². The summed E-state index contributed by atoms with van der Waals surface area (Å²) in [5.41, 5.74) is 1.89. The minimum absolute atomic E-state index is 0.167. The number of aryl methyl sites for hydroxylation is 1. The molecule has 2 unspecified atom stereocenters.